The van der Waals surface area contributed by atoms with Crippen LogP contribution in [-0.2, 0) is 10.0 Å². The zero-order valence-electron chi connectivity index (χ0n) is 10.9. The Hall–Kier alpha value is -1.79. The van der Waals surface area contributed by atoms with Crippen molar-refractivity contribution in [2.24, 2.45) is 0 Å². The standard InChI is InChI=1S/C13H13ClN2O3S/c1-9-3-5-11(7-12(9)14)20(17,18)16-10-4-6-13(19-2)15-8-10/h3-8,16H,1-2H3. The van der Waals surface area contributed by atoms with Crippen molar-refractivity contribution in [3.05, 3.63) is 47.1 Å². The lowest BCUT2D eigenvalue weighted by atomic mass is 10.2. The summed E-state index contributed by atoms with van der Waals surface area (Å²) in [5.41, 5.74) is 1.17. The third kappa shape index (κ3) is 3.20. The predicted molar refractivity (Wildman–Crippen MR) is 77.8 cm³/mol. The summed E-state index contributed by atoms with van der Waals surface area (Å²) in [5, 5.41) is 0.403. The van der Waals surface area contributed by atoms with Crippen LogP contribution in [0.25, 0.3) is 0 Å². The zero-order valence-corrected chi connectivity index (χ0v) is 12.5. The smallest absolute Gasteiger partial charge is 0.261 e. The first kappa shape index (κ1) is 14.6. The molecule has 106 valence electrons. The van der Waals surface area contributed by atoms with E-state index in [2.05, 4.69) is 9.71 Å². The summed E-state index contributed by atoms with van der Waals surface area (Å²) in [6.07, 6.45) is 1.38. The van der Waals surface area contributed by atoms with E-state index >= 15 is 0 Å². The first-order valence-electron chi connectivity index (χ1n) is 5.71. The molecule has 1 heterocycles. The van der Waals surface area contributed by atoms with Crippen LogP contribution in [0.5, 0.6) is 5.88 Å². The average molecular weight is 313 g/mol. The molecule has 0 amide bonds. The van der Waals surface area contributed by atoms with Crippen molar-refractivity contribution in [3.8, 4) is 5.88 Å². The maximum absolute atomic E-state index is 12.2. The van der Waals surface area contributed by atoms with Gasteiger partial charge in [0.1, 0.15) is 0 Å². The van der Waals surface area contributed by atoms with E-state index in [9.17, 15) is 8.42 Å². The van der Waals surface area contributed by atoms with Gasteiger partial charge in [-0.3, -0.25) is 4.72 Å². The van der Waals surface area contributed by atoms with Gasteiger partial charge in [-0.05, 0) is 30.7 Å². The van der Waals surface area contributed by atoms with Crippen LogP contribution in [0.15, 0.2) is 41.4 Å². The normalized spacial score (nSPS) is 11.2. The van der Waals surface area contributed by atoms with Crippen LogP contribution in [0.4, 0.5) is 5.69 Å². The molecular formula is C13H13ClN2O3S. The number of pyridine rings is 1. The summed E-state index contributed by atoms with van der Waals surface area (Å²) in [7, 11) is -2.20. The Morgan fingerprint density at radius 2 is 2.00 bits per heavy atom. The van der Waals surface area contributed by atoms with Crippen molar-refractivity contribution in [2.45, 2.75) is 11.8 Å². The molecule has 0 saturated carbocycles. The molecule has 0 atom stereocenters. The minimum atomic E-state index is -3.69. The summed E-state index contributed by atoms with van der Waals surface area (Å²) in [4.78, 5) is 4.03. The van der Waals surface area contributed by atoms with E-state index in [1.807, 2.05) is 0 Å². The number of aryl methyl sites for hydroxylation is 1. The highest BCUT2D eigenvalue weighted by molar-refractivity contribution is 7.92. The molecule has 2 rings (SSSR count). The number of methoxy groups -OCH3 is 1. The zero-order chi connectivity index (χ0) is 14.8. The fraction of sp³-hybridized carbons (Fsp3) is 0.154. The molecule has 0 spiro atoms. The minimum absolute atomic E-state index is 0.101. The molecule has 20 heavy (non-hydrogen) atoms. The number of rotatable bonds is 4. The van der Waals surface area contributed by atoms with Gasteiger partial charge < -0.3 is 4.74 Å². The summed E-state index contributed by atoms with van der Waals surface area (Å²) in [6, 6.07) is 7.71. The van der Waals surface area contributed by atoms with Gasteiger partial charge in [-0.25, -0.2) is 13.4 Å². The van der Waals surface area contributed by atoms with Crippen molar-refractivity contribution in [1.29, 1.82) is 0 Å². The Bertz CT molecular complexity index is 715. The summed E-state index contributed by atoms with van der Waals surface area (Å²) in [6.45, 7) is 1.81. The predicted octanol–water partition coefficient (Wildman–Crippen LogP) is 2.85. The highest BCUT2D eigenvalue weighted by atomic mass is 35.5. The van der Waals surface area contributed by atoms with Gasteiger partial charge in [0, 0.05) is 11.1 Å². The molecule has 0 aliphatic heterocycles. The molecule has 5 nitrogen and oxygen atoms in total. The highest BCUT2D eigenvalue weighted by Gasteiger charge is 2.15. The van der Waals surface area contributed by atoms with E-state index in [0.717, 1.165) is 5.56 Å². The third-order valence-electron chi connectivity index (χ3n) is 2.65. The fourth-order valence-corrected chi connectivity index (χ4v) is 2.83. The first-order chi connectivity index (χ1) is 9.42. The Morgan fingerprint density at radius 1 is 1.25 bits per heavy atom. The lowest BCUT2D eigenvalue weighted by Crippen LogP contribution is -2.13. The van der Waals surface area contributed by atoms with Crippen molar-refractivity contribution < 1.29 is 13.2 Å². The van der Waals surface area contributed by atoms with Crippen molar-refractivity contribution in [2.75, 3.05) is 11.8 Å². The number of nitrogens with one attached hydrogen (secondary N) is 1. The van der Waals surface area contributed by atoms with Crippen molar-refractivity contribution in [3.63, 3.8) is 0 Å². The molecule has 2 aromatic rings. The quantitative estimate of drug-likeness (QED) is 0.942. The molecule has 0 radical (unpaired) electrons. The molecule has 1 aromatic heterocycles. The van der Waals surface area contributed by atoms with Crippen LogP contribution in [0.1, 0.15) is 5.56 Å². The third-order valence-corrected chi connectivity index (χ3v) is 4.44. The molecule has 7 heteroatoms. The highest BCUT2D eigenvalue weighted by Crippen LogP contribution is 2.22. The average Bonchev–Trinajstić information content (AvgIpc) is 2.42. The second-order valence-electron chi connectivity index (χ2n) is 4.11. The van der Waals surface area contributed by atoms with Crippen LogP contribution < -0.4 is 9.46 Å². The second-order valence-corrected chi connectivity index (χ2v) is 6.20. The van der Waals surface area contributed by atoms with E-state index in [1.165, 1.54) is 25.4 Å². The van der Waals surface area contributed by atoms with Gasteiger partial charge in [-0.2, -0.15) is 0 Å². The molecule has 0 aliphatic rings. The van der Waals surface area contributed by atoms with Crippen molar-refractivity contribution in [1.82, 2.24) is 4.98 Å². The maximum Gasteiger partial charge on any atom is 0.261 e. The first-order valence-corrected chi connectivity index (χ1v) is 7.57. The molecule has 0 saturated heterocycles. The molecule has 0 bridgehead atoms. The van der Waals surface area contributed by atoms with Crippen molar-refractivity contribution >= 4 is 27.3 Å². The lowest BCUT2D eigenvalue weighted by molar-refractivity contribution is 0.398. The molecule has 1 N–H and O–H groups in total. The Morgan fingerprint density at radius 3 is 2.55 bits per heavy atom. The van der Waals surface area contributed by atoms with Crippen LogP contribution in [0, 0.1) is 6.92 Å². The molecule has 0 fully saturated rings. The topological polar surface area (TPSA) is 68.3 Å². The minimum Gasteiger partial charge on any atom is -0.481 e. The van der Waals surface area contributed by atoms with Gasteiger partial charge in [0.25, 0.3) is 10.0 Å². The lowest BCUT2D eigenvalue weighted by Gasteiger charge is -2.09. The van der Waals surface area contributed by atoms with E-state index < -0.39 is 10.0 Å². The van der Waals surface area contributed by atoms with E-state index in [1.54, 1.807) is 25.1 Å². The van der Waals surface area contributed by atoms with E-state index in [4.69, 9.17) is 16.3 Å². The Balaban J connectivity index is 2.27. The number of sulfonamides is 1. The van der Waals surface area contributed by atoms with Crippen LogP contribution >= 0.6 is 11.6 Å². The maximum atomic E-state index is 12.2. The monoisotopic (exact) mass is 312 g/mol. The largest absolute Gasteiger partial charge is 0.481 e. The summed E-state index contributed by atoms with van der Waals surface area (Å²) >= 11 is 5.94. The van der Waals surface area contributed by atoms with Gasteiger partial charge in [0.2, 0.25) is 5.88 Å². The second kappa shape index (κ2) is 5.68. The number of ether oxygens (including phenoxy) is 1. The Labute approximate surface area is 122 Å². The van der Waals surface area contributed by atoms with Gasteiger partial charge in [0.15, 0.2) is 0 Å². The number of nitrogens with zero attached hydrogens (tertiary/aromatic N) is 1. The number of anilines is 1. The van der Waals surface area contributed by atoms with Gasteiger partial charge in [0.05, 0.1) is 23.9 Å². The molecule has 0 unspecified atom stereocenters. The van der Waals surface area contributed by atoms with Gasteiger partial charge in [-0.1, -0.05) is 17.7 Å². The summed E-state index contributed by atoms with van der Waals surface area (Å²) < 4.78 is 31.7. The number of aromatic nitrogens is 1. The van der Waals surface area contributed by atoms with E-state index in [-0.39, 0.29) is 4.90 Å². The number of halogens is 1. The van der Waals surface area contributed by atoms with Crippen LogP contribution in [-0.4, -0.2) is 20.5 Å². The van der Waals surface area contributed by atoms with Crippen LogP contribution in [0.2, 0.25) is 5.02 Å². The molecule has 0 aliphatic carbocycles. The fourth-order valence-electron chi connectivity index (χ4n) is 1.52. The number of hydrogen-bond acceptors (Lipinski definition) is 4. The van der Waals surface area contributed by atoms with Crippen LogP contribution in [0.3, 0.4) is 0 Å². The SMILES string of the molecule is COc1ccc(NS(=O)(=O)c2ccc(C)c(Cl)c2)cn1. The number of benzene rings is 1. The molecule has 1 aromatic carbocycles. The van der Waals surface area contributed by atoms with E-state index in [0.29, 0.717) is 16.6 Å². The Kier molecular flexibility index (Phi) is 4.15. The molecular weight excluding hydrogens is 300 g/mol. The van der Waals surface area contributed by atoms with Gasteiger partial charge in [-0.15, -0.1) is 0 Å². The number of hydrogen-bond donors (Lipinski definition) is 1. The van der Waals surface area contributed by atoms with Gasteiger partial charge >= 0.3 is 0 Å². The summed E-state index contributed by atoms with van der Waals surface area (Å²) in [5.74, 6) is 0.409.